The first-order valence-corrected chi connectivity index (χ1v) is 8.67. The fourth-order valence-electron chi connectivity index (χ4n) is 2.38. The van der Waals surface area contributed by atoms with Crippen molar-refractivity contribution in [1.29, 1.82) is 5.26 Å². The normalized spacial score (nSPS) is 11.9. The molecule has 3 rings (SSSR count). The third kappa shape index (κ3) is 4.56. The lowest BCUT2D eigenvalue weighted by Gasteiger charge is -2.06. The topological polar surface area (TPSA) is 78.4 Å². The van der Waals surface area contributed by atoms with Crippen LogP contribution in [0.25, 0.3) is 11.3 Å². The molecule has 1 heterocycles. The molecule has 1 N–H and O–H groups in total. The first kappa shape index (κ1) is 18.7. The van der Waals surface area contributed by atoms with Gasteiger partial charge in [-0.25, -0.2) is 5.43 Å². The van der Waals surface area contributed by atoms with Crippen molar-refractivity contribution in [3.05, 3.63) is 82.0 Å². The van der Waals surface area contributed by atoms with Gasteiger partial charge in [-0.15, -0.1) is 0 Å². The van der Waals surface area contributed by atoms with Gasteiger partial charge in [0.15, 0.2) is 5.92 Å². The van der Waals surface area contributed by atoms with E-state index < -0.39 is 11.8 Å². The molecule has 0 aliphatic rings. The quantitative estimate of drug-likeness (QED) is 0.485. The van der Waals surface area contributed by atoms with Gasteiger partial charge in [-0.2, -0.15) is 10.4 Å². The van der Waals surface area contributed by atoms with Crippen LogP contribution in [0, 0.1) is 11.3 Å². The Hall–Kier alpha value is -3.07. The zero-order valence-corrected chi connectivity index (χ0v) is 15.4. The Labute approximate surface area is 165 Å². The molecule has 0 fully saturated rings. The highest BCUT2D eigenvalue weighted by Gasteiger charge is 2.19. The van der Waals surface area contributed by atoms with E-state index in [1.165, 1.54) is 6.21 Å². The first-order valence-electron chi connectivity index (χ1n) is 7.91. The van der Waals surface area contributed by atoms with Gasteiger partial charge < -0.3 is 4.42 Å². The molecule has 5 nitrogen and oxygen atoms in total. The predicted octanol–water partition coefficient (Wildman–Crippen LogP) is 5.01. The van der Waals surface area contributed by atoms with E-state index in [0.717, 1.165) is 5.56 Å². The lowest BCUT2D eigenvalue weighted by atomic mass is 10.0. The van der Waals surface area contributed by atoms with E-state index in [1.807, 2.05) is 12.1 Å². The third-order valence-electron chi connectivity index (χ3n) is 3.72. The number of carbonyl (C=O) groups excluding carboxylic acids is 1. The van der Waals surface area contributed by atoms with E-state index >= 15 is 0 Å². The monoisotopic (exact) mass is 397 g/mol. The molecule has 27 heavy (non-hydrogen) atoms. The van der Waals surface area contributed by atoms with E-state index in [9.17, 15) is 10.1 Å². The van der Waals surface area contributed by atoms with Gasteiger partial charge in [0.05, 0.1) is 22.3 Å². The molecule has 0 saturated carbocycles. The highest BCUT2D eigenvalue weighted by molar-refractivity contribution is 6.42. The molecule has 1 aromatic heterocycles. The number of carbonyl (C=O) groups is 1. The van der Waals surface area contributed by atoms with Crippen LogP contribution in [0.2, 0.25) is 10.0 Å². The number of benzene rings is 2. The number of hydrogen-bond acceptors (Lipinski definition) is 4. The molecule has 0 radical (unpaired) electrons. The Morgan fingerprint density at radius 1 is 1.11 bits per heavy atom. The smallest absolute Gasteiger partial charge is 0.261 e. The molecule has 1 amide bonds. The standard InChI is InChI=1S/C20H13Cl2N3O2/c21-17-8-6-14(10-18(17)22)19-9-7-15(27-19)12-24-25-20(26)16(11-23)13-4-2-1-3-5-13/h1-10,12,16H,(H,25,26)/b24-12-/t16-/m0/s1. The highest BCUT2D eigenvalue weighted by atomic mass is 35.5. The van der Waals surface area contributed by atoms with E-state index in [0.29, 0.717) is 27.1 Å². The number of hydrazone groups is 1. The van der Waals surface area contributed by atoms with Crippen molar-refractivity contribution in [1.82, 2.24) is 5.43 Å². The van der Waals surface area contributed by atoms with Gasteiger partial charge in [-0.1, -0.05) is 53.5 Å². The van der Waals surface area contributed by atoms with Gasteiger partial charge in [0, 0.05) is 5.56 Å². The van der Waals surface area contributed by atoms with E-state index in [2.05, 4.69) is 10.5 Å². The molecule has 0 spiro atoms. The second kappa shape index (κ2) is 8.54. The van der Waals surface area contributed by atoms with Gasteiger partial charge in [0.25, 0.3) is 5.91 Å². The van der Waals surface area contributed by atoms with Gasteiger partial charge in [0.2, 0.25) is 0 Å². The molecule has 3 aromatic rings. The predicted molar refractivity (Wildman–Crippen MR) is 105 cm³/mol. The Morgan fingerprint density at radius 2 is 1.89 bits per heavy atom. The molecule has 0 aliphatic carbocycles. The van der Waals surface area contributed by atoms with Crippen molar-refractivity contribution in [3.63, 3.8) is 0 Å². The number of amides is 1. The Kier molecular flexibility index (Phi) is 5.92. The average Bonchev–Trinajstić information content (AvgIpc) is 3.14. The number of halogens is 2. The van der Waals surface area contributed by atoms with E-state index in [1.54, 1.807) is 54.6 Å². The summed E-state index contributed by atoms with van der Waals surface area (Å²) >= 11 is 11.9. The second-order valence-electron chi connectivity index (χ2n) is 5.54. The molecule has 7 heteroatoms. The lowest BCUT2D eigenvalue weighted by molar-refractivity contribution is -0.121. The van der Waals surface area contributed by atoms with Crippen molar-refractivity contribution < 1.29 is 9.21 Å². The van der Waals surface area contributed by atoms with Crippen LogP contribution in [0.15, 0.2) is 70.2 Å². The number of nitrogens with zero attached hydrogens (tertiary/aromatic N) is 2. The molecule has 0 saturated heterocycles. The number of rotatable bonds is 5. The maximum atomic E-state index is 12.2. The highest BCUT2D eigenvalue weighted by Crippen LogP contribution is 2.29. The molecule has 0 bridgehead atoms. The van der Waals surface area contributed by atoms with Gasteiger partial charge in [0.1, 0.15) is 11.5 Å². The zero-order chi connectivity index (χ0) is 19.2. The van der Waals surface area contributed by atoms with Crippen LogP contribution in [-0.2, 0) is 4.79 Å². The summed E-state index contributed by atoms with van der Waals surface area (Å²) in [5, 5.41) is 14.0. The summed E-state index contributed by atoms with van der Waals surface area (Å²) in [6.07, 6.45) is 1.36. The Morgan fingerprint density at radius 3 is 2.59 bits per heavy atom. The Bertz CT molecular complexity index is 1020. The summed E-state index contributed by atoms with van der Waals surface area (Å²) in [5.74, 6) is -0.437. The summed E-state index contributed by atoms with van der Waals surface area (Å²) in [7, 11) is 0. The summed E-state index contributed by atoms with van der Waals surface area (Å²) in [6, 6.07) is 19.4. The minimum atomic E-state index is -0.938. The number of hydrogen-bond donors (Lipinski definition) is 1. The lowest BCUT2D eigenvalue weighted by Crippen LogP contribution is -2.24. The molecule has 0 unspecified atom stereocenters. The van der Waals surface area contributed by atoms with E-state index in [-0.39, 0.29) is 0 Å². The van der Waals surface area contributed by atoms with Crippen molar-refractivity contribution in [2.75, 3.05) is 0 Å². The fourth-order valence-corrected chi connectivity index (χ4v) is 2.68. The zero-order valence-electron chi connectivity index (χ0n) is 13.9. The van der Waals surface area contributed by atoms with Crippen LogP contribution in [0.4, 0.5) is 0 Å². The third-order valence-corrected chi connectivity index (χ3v) is 4.46. The molecule has 1 atom stereocenters. The van der Waals surface area contributed by atoms with Crippen LogP contribution < -0.4 is 5.43 Å². The van der Waals surface area contributed by atoms with Gasteiger partial charge >= 0.3 is 0 Å². The summed E-state index contributed by atoms with van der Waals surface area (Å²) in [5.41, 5.74) is 3.73. The van der Waals surface area contributed by atoms with Crippen LogP contribution in [0.5, 0.6) is 0 Å². The number of furan rings is 1. The number of nitriles is 1. The summed E-state index contributed by atoms with van der Waals surface area (Å²) in [4.78, 5) is 12.2. The minimum absolute atomic E-state index is 0.427. The fraction of sp³-hybridized carbons (Fsp3) is 0.0500. The summed E-state index contributed by atoms with van der Waals surface area (Å²) in [6.45, 7) is 0. The molecule has 0 aliphatic heterocycles. The Balaban J connectivity index is 1.66. The molecule has 2 aromatic carbocycles. The minimum Gasteiger partial charge on any atom is -0.455 e. The SMILES string of the molecule is N#C[C@H](C(=O)N/N=C\c1ccc(-c2ccc(Cl)c(Cl)c2)o1)c1ccccc1. The van der Waals surface area contributed by atoms with Crippen LogP contribution in [-0.4, -0.2) is 12.1 Å². The van der Waals surface area contributed by atoms with Gasteiger partial charge in [-0.3, -0.25) is 4.79 Å². The molecule has 134 valence electrons. The first-order chi connectivity index (χ1) is 13.1. The van der Waals surface area contributed by atoms with Crippen LogP contribution >= 0.6 is 23.2 Å². The van der Waals surface area contributed by atoms with Crippen molar-refractivity contribution in [2.24, 2.45) is 5.10 Å². The van der Waals surface area contributed by atoms with E-state index in [4.69, 9.17) is 27.6 Å². The summed E-state index contributed by atoms with van der Waals surface area (Å²) < 4.78 is 5.65. The van der Waals surface area contributed by atoms with Crippen molar-refractivity contribution in [2.45, 2.75) is 5.92 Å². The average molecular weight is 398 g/mol. The molecular weight excluding hydrogens is 385 g/mol. The van der Waals surface area contributed by atoms with Crippen molar-refractivity contribution >= 4 is 35.3 Å². The maximum Gasteiger partial charge on any atom is 0.261 e. The van der Waals surface area contributed by atoms with Gasteiger partial charge in [-0.05, 0) is 35.9 Å². The number of nitrogens with one attached hydrogen (secondary N) is 1. The van der Waals surface area contributed by atoms with Crippen LogP contribution in [0.3, 0.4) is 0 Å². The molecular formula is C20H13Cl2N3O2. The largest absolute Gasteiger partial charge is 0.455 e. The second-order valence-corrected chi connectivity index (χ2v) is 6.35. The maximum absolute atomic E-state index is 12.2. The van der Waals surface area contributed by atoms with Crippen LogP contribution in [0.1, 0.15) is 17.2 Å². The van der Waals surface area contributed by atoms with Crippen molar-refractivity contribution in [3.8, 4) is 17.4 Å².